The van der Waals surface area contributed by atoms with Crippen molar-refractivity contribution in [2.75, 3.05) is 19.0 Å². The third-order valence-electron chi connectivity index (χ3n) is 3.80. The standard InChI is InChI=1S/C15H24N2O3S/c1-3-11-16-13-7-4-5-10-15(13)21(18,19)17-12-8-6-9-14(12)20-2/h4-5,7,10,12,14,16-17H,3,6,8-9,11H2,1-2H3. The van der Waals surface area contributed by atoms with Crippen LogP contribution in [-0.4, -0.2) is 34.2 Å². The maximum absolute atomic E-state index is 12.6. The summed E-state index contributed by atoms with van der Waals surface area (Å²) >= 11 is 0. The molecule has 1 saturated carbocycles. The maximum Gasteiger partial charge on any atom is 0.242 e. The monoisotopic (exact) mass is 312 g/mol. The van der Waals surface area contributed by atoms with E-state index in [9.17, 15) is 8.42 Å². The van der Waals surface area contributed by atoms with Gasteiger partial charge in [0.15, 0.2) is 0 Å². The molecule has 2 atom stereocenters. The lowest BCUT2D eigenvalue weighted by Gasteiger charge is -2.20. The lowest BCUT2D eigenvalue weighted by molar-refractivity contribution is 0.0916. The first kappa shape index (κ1) is 16.3. The van der Waals surface area contributed by atoms with Gasteiger partial charge in [-0.25, -0.2) is 13.1 Å². The molecule has 2 rings (SSSR count). The molecule has 118 valence electrons. The van der Waals surface area contributed by atoms with Crippen molar-refractivity contribution in [1.29, 1.82) is 0 Å². The van der Waals surface area contributed by atoms with Crippen LogP contribution in [-0.2, 0) is 14.8 Å². The Balaban J connectivity index is 2.19. The van der Waals surface area contributed by atoms with Crippen molar-refractivity contribution < 1.29 is 13.2 Å². The molecule has 0 bridgehead atoms. The summed E-state index contributed by atoms with van der Waals surface area (Å²) in [5.41, 5.74) is 0.652. The van der Waals surface area contributed by atoms with E-state index in [2.05, 4.69) is 10.0 Å². The summed E-state index contributed by atoms with van der Waals surface area (Å²) < 4.78 is 33.4. The van der Waals surface area contributed by atoms with Crippen LogP contribution in [0.25, 0.3) is 0 Å². The van der Waals surface area contributed by atoms with Crippen molar-refractivity contribution in [3.63, 3.8) is 0 Å². The fourth-order valence-electron chi connectivity index (χ4n) is 2.71. The van der Waals surface area contributed by atoms with Crippen LogP contribution in [0.1, 0.15) is 32.6 Å². The quantitative estimate of drug-likeness (QED) is 0.811. The molecule has 21 heavy (non-hydrogen) atoms. The van der Waals surface area contributed by atoms with Gasteiger partial charge < -0.3 is 10.1 Å². The van der Waals surface area contributed by atoms with Crippen LogP contribution in [0.15, 0.2) is 29.2 Å². The highest BCUT2D eigenvalue weighted by Gasteiger charge is 2.32. The van der Waals surface area contributed by atoms with E-state index in [0.717, 1.165) is 32.2 Å². The fraction of sp³-hybridized carbons (Fsp3) is 0.600. The first-order valence-corrected chi connectivity index (χ1v) is 8.95. The molecule has 0 radical (unpaired) electrons. The number of ether oxygens (including phenoxy) is 1. The molecule has 1 aliphatic rings. The number of para-hydroxylation sites is 1. The predicted octanol–water partition coefficient (Wildman–Crippen LogP) is 2.35. The second kappa shape index (κ2) is 7.24. The molecule has 0 saturated heterocycles. The minimum atomic E-state index is -3.54. The van der Waals surface area contributed by atoms with Crippen LogP contribution in [0.4, 0.5) is 5.69 Å². The summed E-state index contributed by atoms with van der Waals surface area (Å²) in [6.45, 7) is 2.79. The predicted molar refractivity (Wildman–Crippen MR) is 84.0 cm³/mol. The molecule has 0 spiro atoms. The zero-order valence-electron chi connectivity index (χ0n) is 12.6. The van der Waals surface area contributed by atoms with Crippen LogP contribution < -0.4 is 10.0 Å². The fourth-order valence-corrected chi connectivity index (χ4v) is 4.20. The van der Waals surface area contributed by atoms with E-state index in [1.54, 1.807) is 25.3 Å². The van der Waals surface area contributed by atoms with E-state index in [4.69, 9.17) is 4.74 Å². The van der Waals surface area contributed by atoms with E-state index in [1.165, 1.54) is 0 Å². The second-order valence-electron chi connectivity index (χ2n) is 5.36. The molecule has 6 heteroatoms. The van der Waals surface area contributed by atoms with E-state index < -0.39 is 10.0 Å². The van der Waals surface area contributed by atoms with Crippen LogP contribution in [0.5, 0.6) is 0 Å². The number of benzene rings is 1. The minimum absolute atomic E-state index is 0.0319. The Bertz CT molecular complexity index is 560. The van der Waals surface area contributed by atoms with Gasteiger partial charge in [-0.2, -0.15) is 0 Å². The van der Waals surface area contributed by atoms with Gasteiger partial charge in [-0.3, -0.25) is 0 Å². The van der Waals surface area contributed by atoms with Gasteiger partial charge in [-0.15, -0.1) is 0 Å². The maximum atomic E-state index is 12.6. The Morgan fingerprint density at radius 3 is 2.76 bits per heavy atom. The normalized spacial score (nSPS) is 22.4. The molecule has 5 nitrogen and oxygen atoms in total. The average molecular weight is 312 g/mol. The molecule has 1 aromatic rings. The molecule has 1 fully saturated rings. The zero-order chi connectivity index (χ0) is 15.3. The average Bonchev–Trinajstić information content (AvgIpc) is 2.91. The van der Waals surface area contributed by atoms with E-state index in [1.807, 2.05) is 13.0 Å². The molecule has 2 unspecified atom stereocenters. The lowest BCUT2D eigenvalue weighted by Crippen LogP contribution is -2.40. The van der Waals surface area contributed by atoms with Crippen molar-refractivity contribution in [2.24, 2.45) is 0 Å². The summed E-state index contributed by atoms with van der Waals surface area (Å²) in [6.07, 6.45) is 3.62. The SMILES string of the molecule is CCCNc1ccccc1S(=O)(=O)NC1CCCC1OC. The van der Waals surface area contributed by atoms with Crippen molar-refractivity contribution >= 4 is 15.7 Å². The number of hydrogen-bond acceptors (Lipinski definition) is 4. The first-order chi connectivity index (χ1) is 10.1. The van der Waals surface area contributed by atoms with Gasteiger partial charge in [-0.1, -0.05) is 19.1 Å². The van der Waals surface area contributed by atoms with Crippen molar-refractivity contribution in [3.05, 3.63) is 24.3 Å². The molecule has 0 aliphatic heterocycles. The smallest absolute Gasteiger partial charge is 0.242 e. The topological polar surface area (TPSA) is 67.4 Å². The Labute approximate surface area is 127 Å². The van der Waals surface area contributed by atoms with E-state index >= 15 is 0 Å². The Hall–Kier alpha value is -1.11. The summed E-state index contributed by atoms with van der Waals surface area (Å²) in [5, 5.41) is 3.17. The molecule has 1 aromatic carbocycles. The van der Waals surface area contributed by atoms with Gasteiger partial charge in [0.05, 0.1) is 11.8 Å². The Morgan fingerprint density at radius 2 is 2.05 bits per heavy atom. The van der Waals surface area contributed by atoms with Crippen LogP contribution in [0, 0.1) is 0 Å². The first-order valence-electron chi connectivity index (χ1n) is 7.46. The molecule has 0 heterocycles. The van der Waals surface area contributed by atoms with Crippen LogP contribution in [0.3, 0.4) is 0 Å². The van der Waals surface area contributed by atoms with Crippen LogP contribution >= 0.6 is 0 Å². The number of methoxy groups -OCH3 is 1. The number of anilines is 1. The third kappa shape index (κ3) is 3.96. The van der Waals surface area contributed by atoms with Gasteiger partial charge in [0.25, 0.3) is 0 Å². The van der Waals surface area contributed by atoms with Gasteiger partial charge in [-0.05, 0) is 37.8 Å². The summed E-state index contributed by atoms with van der Waals surface area (Å²) in [5.74, 6) is 0. The van der Waals surface area contributed by atoms with Crippen molar-refractivity contribution in [2.45, 2.75) is 49.6 Å². The molecule has 0 amide bonds. The van der Waals surface area contributed by atoms with Crippen molar-refractivity contribution in [1.82, 2.24) is 4.72 Å². The summed E-state index contributed by atoms with van der Waals surface area (Å²) in [7, 11) is -1.91. The van der Waals surface area contributed by atoms with Crippen molar-refractivity contribution in [3.8, 4) is 0 Å². The Morgan fingerprint density at radius 1 is 1.29 bits per heavy atom. The van der Waals surface area contributed by atoms with Crippen LogP contribution in [0.2, 0.25) is 0 Å². The molecule has 2 N–H and O–H groups in total. The van der Waals surface area contributed by atoms with Gasteiger partial charge >= 0.3 is 0 Å². The molecule has 1 aliphatic carbocycles. The number of sulfonamides is 1. The van der Waals surface area contributed by atoms with Gasteiger partial charge in [0.1, 0.15) is 4.90 Å². The van der Waals surface area contributed by atoms with Gasteiger partial charge in [0, 0.05) is 19.7 Å². The molecular weight excluding hydrogens is 288 g/mol. The largest absolute Gasteiger partial charge is 0.384 e. The number of rotatable bonds is 7. The Kier molecular flexibility index (Phi) is 5.61. The lowest BCUT2D eigenvalue weighted by atomic mass is 10.2. The minimum Gasteiger partial charge on any atom is -0.384 e. The third-order valence-corrected chi connectivity index (χ3v) is 5.35. The van der Waals surface area contributed by atoms with E-state index in [-0.39, 0.29) is 12.1 Å². The molecular formula is C15H24N2O3S. The summed E-state index contributed by atoms with van der Waals surface area (Å²) in [4.78, 5) is 0.306. The van der Waals surface area contributed by atoms with Gasteiger partial charge in [0.2, 0.25) is 10.0 Å². The highest BCUT2D eigenvalue weighted by atomic mass is 32.2. The number of hydrogen-bond donors (Lipinski definition) is 2. The number of nitrogens with one attached hydrogen (secondary N) is 2. The second-order valence-corrected chi connectivity index (χ2v) is 7.04. The summed E-state index contributed by atoms with van der Waals surface area (Å²) in [6, 6.07) is 6.88. The highest BCUT2D eigenvalue weighted by Crippen LogP contribution is 2.26. The molecule has 0 aromatic heterocycles. The highest BCUT2D eigenvalue weighted by molar-refractivity contribution is 7.89. The van der Waals surface area contributed by atoms with E-state index in [0.29, 0.717) is 10.6 Å². The zero-order valence-corrected chi connectivity index (χ0v) is 13.4.